The van der Waals surface area contributed by atoms with E-state index in [1.807, 2.05) is 31.2 Å². The summed E-state index contributed by atoms with van der Waals surface area (Å²) >= 11 is 0. The Bertz CT molecular complexity index is 1100. The van der Waals surface area contributed by atoms with Gasteiger partial charge in [0, 0.05) is 5.56 Å². The lowest BCUT2D eigenvalue weighted by Gasteiger charge is -2.16. The number of ether oxygens (including phenoxy) is 3. The standard InChI is InChI=1S/C26H26N2O5/c1-15-4-6-16(7-5-15)14-33-24-20(31-2)10-17(11-21(24)32-3)13-27-28-25(29)22-18-8-9-19(12-18)23(22)26(28)30/h4-11,13,18-19,22-23H,12,14H2,1-3H3. The molecule has 2 aromatic carbocycles. The van der Waals surface area contributed by atoms with Gasteiger partial charge in [-0.3, -0.25) is 9.59 Å². The number of aryl methyl sites for hydroxylation is 1. The third-order valence-corrected chi connectivity index (χ3v) is 6.76. The largest absolute Gasteiger partial charge is 0.493 e. The third kappa shape index (κ3) is 3.67. The molecule has 2 aromatic rings. The van der Waals surface area contributed by atoms with Crippen LogP contribution in [0, 0.1) is 30.6 Å². The van der Waals surface area contributed by atoms with Gasteiger partial charge in [0.05, 0.1) is 32.3 Å². The van der Waals surface area contributed by atoms with E-state index in [1.165, 1.54) is 11.8 Å². The molecule has 33 heavy (non-hydrogen) atoms. The molecule has 4 unspecified atom stereocenters. The number of hydrazone groups is 1. The number of imide groups is 1. The predicted octanol–water partition coefficient (Wildman–Crippen LogP) is 3.73. The van der Waals surface area contributed by atoms with Crippen LogP contribution in [0.5, 0.6) is 17.2 Å². The number of carbonyl (C=O) groups excluding carboxylic acids is 2. The molecule has 0 radical (unpaired) electrons. The number of hydrogen-bond donors (Lipinski definition) is 0. The second-order valence-corrected chi connectivity index (χ2v) is 8.76. The second-order valence-electron chi connectivity index (χ2n) is 8.76. The summed E-state index contributed by atoms with van der Waals surface area (Å²) in [4.78, 5) is 25.7. The van der Waals surface area contributed by atoms with Crippen molar-refractivity contribution < 1.29 is 23.8 Å². The van der Waals surface area contributed by atoms with Gasteiger partial charge in [0.2, 0.25) is 5.75 Å². The first kappa shape index (κ1) is 21.2. The van der Waals surface area contributed by atoms with E-state index in [9.17, 15) is 9.59 Å². The van der Waals surface area contributed by atoms with Crippen LogP contribution in [0.3, 0.4) is 0 Å². The van der Waals surface area contributed by atoms with E-state index in [0.717, 1.165) is 17.0 Å². The Hall–Kier alpha value is -3.61. The Labute approximate surface area is 192 Å². The minimum Gasteiger partial charge on any atom is -0.493 e. The Morgan fingerprint density at radius 1 is 0.970 bits per heavy atom. The molecule has 2 fully saturated rings. The molecule has 170 valence electrons. The van der Waals surface area contributed by atoms with Crippen LogP contribution in [-0.2, 0) is 16.2 Å². The number of benzene rings is 2. The van der Waals surface area contributed by atoms with Gasteiger partial charge < -0.3 is 14.2 Å². The molecule has 7 nitrogen and oxygen atoms in total. The highest BCUT2D eigenvalue weighted by Crippen LogP contribution is 2.52. The minimum atomic E-state index is -0.272. The maximum Gasteiger partial charge on any atom is 0.254 e. The maximum atomic E-state index is 12.8. The highest BCUT2D eigenvalue weighted by molar-refractivity contribution is 6.06. The Morgan fingerprint density at radius 2 is 1.55 bits per heavy atom. The highest BCUT2D eigenvalue weighted by atomic mass is 16.5. The van der Waals surface area contributed by atoms with Crippen molar-refractivity contribution in [2.45, 2.75) is 20.0 Å². The van der Waals surface area contributed by atoms with E-state index in [-0.39, 0.29) is 35.5 Å². The van der Waals surface area contributed by atoms with Crippen molar-refractivity contribution in [3.63, 3.8) is 0 Å². The summed E-state index contributed by atoms with van der Waals surface area (Å²) in [7, 11) is 3.10. The molecule has 1 aliphatic heterocycles. The third-order valence-electron chi connectivity index (χ3n) is 6.76. The fourth-order valence-electron chi connectivity index (χ4n) is 5.08. The predicted molar refractivity (Wildman–Crippen MR) is 122 cm³/mol. The number of amides is 2. The zero-order valence-corrected chi connectivity index (χ0v) is 18.9. The molecule has 3 aliphatic rings. The summed E-state index contributed by atoms with van der Waals surface area (Å²) in [6, 6.07) is 11.6. The summed E-state index contributed by atoms with van der Waals surface area (Å²) in [6.07, 6.45) is 6.51. The van der Waals surface area contributed by atoms with Crippen LogP contribution in [0.2, 0.25) is 0 Å². The summed E-state index contributed by atoms with van der Waals surface area (Å²) in [5.74, 6) is 0.761. The van der Waals surface area contributed by atoms with E-state index in [0.29, 0.717) is 29.4 Å². The van der Waals surface area contributed by atoms with Gasteiger partial charge in [-0.2, -0.15) is 10.1 Å². The number of rotatable bonds is 7. The maximum absolute atomic E-state index is 12.8. The van der Waals surface area contributed by atoms with Gasteiger partial charge >= 0.3 is 0 Å². The van der Waals surface area contributed by atoms with Crippen molar-refractivity contribution >= 4 is 18.0 Å². The van der Waals surface area contributed by atoms with E-state index >= 15 is 0 Å². The highest BCUT2D eigenvalue weighted by Gasteiger charge is 2.59. The first-order chi connectivity index (χ1) is 16.0. The van der Waals surface area contributed by atoms with Crippen molar-refractivity contribution in [3.8, 4) is 17.2 Å². The molecule has 0 N–H and O–H groups in total. The van der Waals surface area contributed by atoms with Crippen molar-refractivity contribution in [1.82, 2.24) is 5.01 Å². The number of carbonyl (C=O) groups is 2. The van der Waals surface area contributed by atoms with Crippen LogP contribution in [0.25, 0.3) is 0 Å². The molecule has 1 saturated heterocycles. The number of allylic oxidation sites excluding steroid dienone is 2. The molecule has 2 amide bonds. The van der Waals surface area contributed by atoms with Gasteiger partial charge in [-0.25, -0.2) is 0 Å². The zero-order chi connectivity index (χ0) is 23.1. The van der Waals surface area contributed by atoms with Crippen molar-refractivity contribution in [3.05, 3.63) is 65.2 Å². The molecule has 5 rings (SSSR count). The number of methoxy groups -OCH3 is 2. The van der Waals surface area contributed by atoms with Crippen LogP contribution < -0.4 is 14.2 Å². The summed E-state index contributed by atoms with van der Waals surface area (Å²) < 4.78 is 17.1. The number of fused-ring (bicyclic) bond motifs is 5. The number of hydrogen-bond acceptors (Lipinski definition) is 6. The lowest BCUT2D eigenvalue weighted by Crippen LogP contribution is -2.28. The lowest BCUT2D eigenvalue weighted by molar-refractivity contribution is -0.140. The average Bonchev–Trinajstić information content (AvgIpc) is 3.51. The first-order valence-electron chi connectivity index (χ1n) is 11.0. The first-order valence-corrected chi connectivity index (χ1v) is 11.0. The number of nitrogens with zero attached hydrogens (tertiary/aromatic N) is 2. The Balaban J connectivity index is 1.36. The van der Waals surface area contributed by atoms with Crippen LogP contribution in [0.1, 0.15) is 23.1 Å². The molecule has 0 aromatic heterocycles. The van der Waals surface area contributed by atoms with Crippen molar-refractivity contribution in [2.24, 2.45) is 28.8 Å². The molecule has 0 spiro atoms. The average molecular weight is 447 g/mol. The Kier molecular flexibility index (Phi) is 5.40. The summed E-state index contributed by atoms with van der Waals surface area (Å²) in [5.41, 5.74) is 2.83. The molecule has 2 aliphatic carbocycles. The normalized spacial score (nSPS) is 25.2. The van der Waals surface area contributed by atoms with Gasteiger partial charge in [-0.1, -0.05) is 42.0 Å². The van der Waals surface area contributed by atoms with E-state index < -0.39 is 0 Å². The molecule has 1 heterocycles. The van der Waals surface area contributed by atoms with Crippen molar-refractivity contribution in [1.29, 1.82) is 0 Å². The SMILES string of the molecule is COc1cc(C=NN2C(=O)C3C4C=CC(C4)C3C2=O)cc(OC)c1OCc1ccc(C)cc1. The van der Waals surface area contributed by atoms with Gasteiger partial charge in [0.25, 0.3) is 11.8 Å². The summed E-state index contributed by atoms with van der Waals surface area (Å²) in [6.45, 7) is 2.39. The topological polar surface area (TPSA) is 77.4 Å². The van der Waals surface area contributed by atoms with Crippen LogP contribution in [0.15, 0.2) is 53.7 Å². The van der Waals surface area contributed by atoms with Crippen molar-refractivity contribution in [2.75, 3.05) is 14.2 Å². The van der Waals surface area contributed by atoms with Crippen LogP contribution in [-0.4, -0.2) is 37.3 Å². The fraction of sp³-hybridized carbons (Fsp3) is 0.346. The van der Waals surface area contributed by atoms with E-state index in [4.69, 9.17) is 14.2 Å². The van der Waals surface area contributed by atoms with Crippen LogP contribution in [0.4, 0.5) is 0 Å². The van der Waals surface area contributed by atoms with Gasteiger partial charge in [0.15, 0.2) is 11.5 Å². The lowest BCUT2D eigenvalue weighted by atomic mass is 9.85. The van der Waals surface area contributed by atoms with Gasteiger partial charge in [-0.15, -0.1) is 0 Å². The van der Waals surface area contributed by atoms with Gasteiger partial charge in [0.1, 0.15) is 6.61 Å². The molecule has 7 heteroatoms. The molecule has 4 atom stereocenters. The molecular weight excluding hydrogens is 420 g/mol. The molecular formula is C26H26N2O5. The monoisotopic (exact) mass is 446 g/mol. The van der Waals surface area contributed by atoms with E-state index in [1.54, 1.807) is 26.4 Å². The summed E-state index contributed by atoms with van der Waals surface area (Å²) in [5, 5.41) is 5.28. The smallest absolute Gasteiger partial charge is 0.254 e. The second kappa shape index (κ2) is 8.39. The fourth-order valence-corrected chi connectivity index (χ4v) is 5.08. The zero-order valence-electron chi connectivity index (χ0n) is 18.9. The Morgan fingerprint density at radius 3 is 2.09 bits per heavy atom. The minimum absolute atomic E-state index is 0.154. The van der Waals surface area contributed by atoms with Gasteiger partial charge in [-0.05, 0) is 42.9 Å². The molecule has 1 saturated carbocycles. The van der Waals surface area contributed by atoms with E-state index in [2.05, 4.69) is 17.3 Å². The quantitative estimate of drug-likeness (QED) is 0.368. The van der Waals surface area contributed by atoms with Crippen LogP contribution >= 0.6 is 0 Å². The molecule has 2 bridgehead atoms.